The topological polar surface area (TPSA) is 71.0 Å². The molecule has 1 aromatic rings. The van der Waals surface area contributed by atoms with Gasteiger partial charge in [-0.05, 0) is 50.0 Å². The number of aliphatic hydroxyl groups is 1. The van der Waals surface area contributed by atoms with Crippen LogP contribution in [0.25, 0.3) is 0 Å². The van der Waals surface area contributed by atoms with Crippen molar-refractivity contribution in [1.29, 1.82) is 0 Å². The van der Waals surface area contributed by atoms with Gasteiger partial charge in [-0.1, -0.05) is 25.0 Å². The number of carbonyl (C=O) groups is 1. The van der Waals surface area contributed by atoms with Crippen LogP contribution in [0.15, 0.2) is 24.3 Å². The highest BCUT2D eigenvalue weighted by Crippen LogP contribution is 2.19. The zero-order chi connectivity index (χ0) is 18.2. The second-order valence-corrected chi connectivity index (χ2v) is 7.19. The summed E-state index contributed by atoms with van der Waals surface area (Å²) in [4.78, 5) is 14.8. The number of carbonyl (C=O) groups excluding carboxylic acids is 1. The molecule has 6 nitrogen and oxygen atoms in total. The molecule has 0 radical (unpaired) electrons. The molecule has 2 heterocycles. The summed E-state index contributed by atoms with van der Waals surface area (Å²) in [5.41, 5.74) is 0.847. The van der Waals surface area contributed by atoms with Crippen molar-refractivity contribution in [2.75, 3.05) is 32.8 Å². The Kier molecular flexibility index (Phi) is 7.29. The van der Waals surface area contributed by atoms with E-state index < -0.39 is 0 Å². The van der Waals surface area contributed by atoms with Crippen molar-refractivity contribution in [2.45, 2.75) is 50.9 Å². The van der Waals surface area contributed by atoms with Crippen LogP contribution in [0.3, 0.4) is 0 Å². The maximum Gasteiger partial charge on any atom is 0.234 e. The van der Waals surface area contributed by atoms with Gasteiger partial charge in [-0.2, -0.15) is 0 Å². The minimum absolute atomic E-state index is 0.0159. The van der Waals surface area contributed by atoms with Crippen molar-refractivity contribution in [1.82, 2.24) is 10.2 Å². The van der Waals surface area contributed by atoms with Crippen LogP contribution in [-0.4, -0.2) is 60.9 Å². The number of nitrogens with one attached hydrogen (secondary N) is 1. The molecule has 3 rings (SSSR count). The average molecular weight is 362 g/mol. The molecule has 1 aromatic carbocycles. The molecule has 6 heteroatoms. The molecule has 2 saturated heterocycles. The number of rotatable bonds is 6. The van der Waals surface area contributed by atoms with Gasteiger partial charge in [0.1, 0.15) is 11.9 Å². The molecule has 0 unspecified atom stereocenters. The van der Waals surface area contributed by atoms with Crippen molar-refractivity contribution in [3.8, 4) is 5.75 Å². The van der Waals surface area contributed by atoms with Crippen LogP contribution >= 0.6 is 0 Å². The highest BCUT2D eigenvalue weighted by molar-refractivity contribution is 5.78. The van der Waals surface area contributed by atoms with Gasteiger partial charge in [-0.3, -0.25) is 9.69 Å². The summed E-state index contributed by atoms with van der Waals surface area (Å²) in [6, 6.07) is 7.32. The second-order valence-electron chi connectivity index (χ2n) is 7.19. The standard InChI is InChI=1S/C20H30N2O4/c23-14-16-5-7-17(8-6-16)26-19-15-25-12-9-18(19)21-20(24)13-22-10-3-1-2-4-11-22/h5-8,18-19,23H,1-4,9-15H2,(H,21,24)/t18-,19-/m1/s1. The monoisotopic (exact) mass is 362 g/mol. The van der Waals surface area contributed by atoms with Gasteiger partial charge in [0, 0.05) is 6.61 Å². The SMILES string of the molecule is O=C(CN1CCCCCC1)N[C@@H]1CCOC[C@H]1Oc1ccc(CO)cc1. The van der Waals surface area contributed by atoms with Crippen molar-refractivity contribution in [2.24, 2.45) is 0 Å². The molecule has 0 aromatic heterocycles. The molecule has 0 aliphatic carbocycles. The van der Waals surface area contributed by atoms with Gasteiger partial charge in [0.25, 0.3) is 0 Å². The molecular weight excluding hydrogens is 332 g/mol. The van der Waals surface area contributed by atoms with E-state index >= 15 is 0 Å². The van der Waals surface area contributed by atoms with E-state index in [0.717, 1.165) is 30.8 Å². The summed E-state index contributed by atoms with van der Waals surface area (Å²) in [7, 11) is 0. The molecule has 0 saturated carbocycles. The van der Waals surface area contributed by atoms with E-state index in [1.165, 1.54) is 25.7 Å². The van der Waals surface area contributed by atoms with Gasteiger partial charge in [-0.15, -0.1) is 0 Å². The predicted molar refractivity (Wildman–Crippen MR) is 99.1 cm³/mol. The second kappa shape index (κ2) is 9.90. The quantitative estimate of drug-likeness (QED) is 0.806. The van der Waals surface area contributed by atoms with Gasteiger partial charge in [0.2, 0.25) is 5.91 Å². The minimum Gasteiger partial charge on any atom is -0.486 e. The van der Waals surface area contributed by atoms with E-state index in [2.05, 4.69) is 10.2 Å². The van der Waals surface area contributed by atoms with E-state index in [1.54, 1.807) is 0 Å². The van der Waals surface area contributed by atoms with Crippen LogP contribution in [0.1, 0.15) is 37.7 Å². The fourth-order valence-electron chi connectivity index (χ4n) is 3.59. The molecule has 2 N–H and O–H groups in total. The van der Waals surface area contributed by atoms with Crippen LogP contribution in [0.2, 0.25) is 0 Å². The molecule has 0 bridgehead atoms. The molecule has 1 amide bonds. The summed E-state index contributed by atoms with van der Waals surface area (Å²) in [5.74, 6) is 0.799. The maximum atomic E-state index is 12.5. The fraction of sp³-hybridized carbons (Fsp3) is 0.650. The number of hydrogen-bond acceptors (Lipinski definition) is 5. The van der Waals surface area contributed by atoms with E-state index in [0.29, 0.717) is 19.8 Å². The van der Waals surface area contributed by atoms with E-state index in [-0.39, 0.29) is 24.7 Å². The Hall–Kier alpha value is -1.63. The lowest BCUT2D eigenvalue weighted by Crippen LogP contribution is -2.53. The third-order valence-electron chi connectivity index (χ3n) is 5.11. The Balaban J connectivity index is 1.53. The first-order chi connectivity index (χ1) is 12.7. The highest BCUT2D eigenvalue weighted by Gasteiger charge is 2.29. The number of ether oxygens (including phenoxy) is 2. The lowest BCUT2D eigenvalue weighted by molar-refractivity contribution is -0.125. The number of likely N-dealkylation sites (tertiary alicyclic amines) is 1. The summed E-state index contributed by atoms with van der Waals surface area (Å²) in [6.45, 7) is 3.61. The first-order valence-electron chi connectivity index (χ1n) is 9.70. The molecule has 2 aliphatic heterocycles. The van der Waals surface area contributed by atoms with Crippen molar-refractivity contribution in [3.05, 3.63) is 29.8 Å². The molecular formula is C20H30N2O4. The van der Waals surface area contributed by atoms with Gasteiger partial charge >= 0.3 is 0 Å². The zero-order valence-corrected chi connectivity index (χ0v) is 15.4. The van der Waals surface area contributed by atoms with E-state index in [9.17, 15) is 4.79 Å². The molecule has 0 spiro atoms. The van der Waals surface area contributed by atoms with Crippen LogP contribution in [-0.2, 0) is 16.1 Å². The Morgan fingerprint density at radius 1 is 1.19 bits per heavy atom. The van der Waals surface area contributed by atoms with Crippen molar-refractivity contribution in [3.63, 3.8) is 0 Å². The summed E-state index contributed by atoms with van der Waals surface area (Å²) in [5, 5.41) is 12.3. The largest absolute Gasteiger partial charge is 0.486 e. The number of amides is 1. The number of hydrogen-bond donors (Lipinski definition) is 2. The van der Waals surface area contributed by atoms with Crippen molar-refractivity contribution < 1.29 is 19.4 Å². The fourth-order valence-corrected chi connectivity index (χ4v) is 3.59. The molecule has 2 fully saturated rings. The van der Waals surface area contributed by atoms with Crippen molar-refractivity contribution >= 4 is 5.91 Å². The van der Waals surface area contributed by atoms with E-state index in [4.69, 9.17) is 14.6 Å². The lowest BCUT2D eigenvalue weighted by Gasteiger charge is -2.33. The normalized spacial score (nSPS) is 24.7. The Morgan fingerprint density at radius 2 is 1.92 bits per heavy atom. The number of nitrogens with zero attached hydrogens (tertiary/aromatic N) is 1. The number of benzene rings is 1. The Bertz CT molecular complexity index is 555. The molecule has 26 heavy (non-hydrogen) atoms. The van der Waals surface area contributed by atoms with Crippen LogP contribution in [0, 0.1) is 0 Å². The minimum atomic E-state index is -0.197. The maximum absolute atomic E-state index is 12.5. The number of aliphatic hydroxyl groups excluding tert-OH is 1. The summed E-state index contributed by atoms with van der Waals surface area (Å²) >= 11 is 0. The third-order valence-corrected chi connectivity index (χ3v) is 5.11. The molecule has 2 atom stereocenters. The van der Waals surface area contributed by atoms with E-state index in [1.807, 2.05) is 24.3 Å². The van der Waals surface area contributed by atoms with Gasteiger partial charge in [0.15, 0.2) is 0 Å². The van der Waals surface area contributed by atoms with Gasteiger partial charge in [-0.25, -0.2) is 0 Å². The first-order valence-corrected chi connectivity index (χ1v) is 9.70. The van der Waals surface area contributed by atoms with Crippen LogP contribution < -0.4 is 10.1 Å². The Morgan fingerprint density at radius 3 is 2.62 bits per heavy atom. The zero-order valence-electron chi connectivity index (χ0n) is 15.4. The Labute approximate surface area is 155 Å². The average Bonchev–Trinajstić information content (AvgIpc) is 2.92. The molecule has 144 valence electrons. The van der Waals surface area contributed by atoms with Gasteiger partial charge in [0.05, 0.1) is 25.8 Å². The van der Waals surface area contributed by atoms with Gasteiger partial charge < -0.3 is 19.9 Å². The molecule has 2 aliphatic rings. The van der Waals surface area contributed by atoms with Crippen LogP contribution in [0.4, 0.5) is 0 Å². The third kappa shape index (κ3) is 5.69. The van der Waals surface area contributed by atoms with Crippen LogP contribution in [0.5, 0.6) is 5.75 Å². The summed E-state index contributed by atoms with van der Waals surface area (Å²) < 4.78 is 11.6. The smallest absolute Gasteiger partial charge is 0.234 e. The first kappa shape index (κ1) is 19.1. The highest BCUT2D eigenvalue weighted by atomic mass is 16.5. The summed E-state index contributed by atoms with van der Waals surface area (Å²) in [6.07, 6.45) is 5.45. The lowest BCUT2D eigenvalue weighted by atomic mass is 10.1. The predicted octanol–water partition coefficient (Wildman–Crippen LogP) is 1.71.